The van der Waals surface area contributed by atoms with E-state index in [4.69, 9.17) is 33.2 Å². The lowest BCUT2D eigenvalue weighted by Crippen LogP contribution is -2.31. The molecule has 0 radical (unpaired) electrons. The van der Waals surface area contributed by atoms with Crippen molar-refractivity contribution in [3.8, 4) is 45.6 Å². The summed E-state index contributed by atoms with van der Waals surface area (Å²) in [6.45, 7) is 8.51. The van der Waals surface area contributed by atoms with Crippen molar-refractivity contribution >= 4 is 11.9 Å². The first-order valence-electron chi connectivity index (χ1n) is 12.8. The summed E-state index contributed by atoms with van der Waals surface area (Å²) in [7, 11) is 7.25. The monoisotopic (exact) mass is 558 g/mol. The average Bonchev–Trinajstić information content (AvgIpc) is 2.95. The molecule has 10 heteroatoms. The van der Waals surface area contributed by atoms with E-state index in [1.807, 2.05) is 13.8 Å². The van der Waals surface area contributed by atoms with E-state index in [1.165, 1.54) is 42.5 Å². The van der Waals surface area contributed by atoms with E-state index in [0.717, 1.165) is 0 Å². The van der Waals surface area contributed by atoms with E-state index in [9.17, 15) is 14.7 Å². The third-order valence-electron chi connectivity index (χ3n) is 7.46. The molecule has 2 aromatic rings. The van der Waals surface area contributed by atoms with Crippen LogP contribution in [0.4, 0.5) is 0 Å². The number of esters is 2. The van der Waals surface area contributed by atoms with Crippen molar-refractivity contribution in [2.45, 2.75) is 46.8 Å². The molecular formula is C30H38O10. The third-order valence-corrected chi connectivity index (χ3v) is 7.46. The van der Waals surface area contributed by atoms with Crippen LogP contribution in [-0.4, -0.2) is 52.6 Å². The highest BCUT2D eigenvalue weighted by atomic mass is 16.6. The van der Waals surface area contributed by atoms with Gasteiger partial charge in [0.2, 0.25) is 11.5 Å². The number of allylic oxidation sites excluding steroid dienone is 1. The molecule has 4 unspecified atom stereocenters. The summed E-state index contributed by atoms with van der Waals surface area (Å²) in [5.74, 6) is -1.03. The number of aromatic hydroxyl groups is 1. The fraction of sp³-hybridized carbons (Fsp3) is 0.467. The van der Waals surface area contributed by atoms with Crippen molar-refractivity contribution in [3.05, 3.63) is 34.9 Å². The van der Waals surface area contributed by atoms with E-state index >= 15 is 0 Å². The zero-order chi connectivity index (χ0) is 29.9. The van der Waals surface area contributed by atoms with Gasteiger partial charge in [0.05, 0.1) is 35.5 Å². The van der Waals surface area contributed by atoms with Crippen LogP contribution in [-0.2, 0) is 19.1 Å². The largest absolute Gasteiger partial charge is 0.504 e. The summed E-state index contributed by atoms with van der Waals surface area (Å²) in [6, 6.07) is 3.37. The van der Waals surface area contributed by atoms with Gasteiger partial charge in [0, 0.05) is 46.6 Å². The molecule has 0 amide bonds. The van der Waals surface area contributed by atoms with E-state index in [0.29, 0.717) is 28.0 Å². The number of phenols is 1. The number of methoxy groups -OCH3 is 5. The zero-order valence-corrected chi connectivity index (χ0v) is 24.7. The maximum absolute atomic E-state index is 13.1. The van der Waals surface area contributed by atoms with Gasteiger partial charge in [-0.15, -0.1) is 0 Å². The third kappa shape index (κ3) is 5.22. The fourth-order valence-electron chi connectivity index (χ4n) is 5.10. The number of carbonyl (C=O) groups is 2. The van der Waals surface area contributed by atoms with Gasteiger partial charge < -0.3 is 38.3 Å². The van der Waals surface area contributed by atoms with Crippen molar-refractivity contribution in [1.29, 1.82) is 0 Å². The second-order valence-electron chi connectivity index (χ2n) is 9.58. The second kappa shape index (κ2) is 12.4. The number of carbonyl (C=O) groups excluding carboxylic acids is 2. The Balaban J connectivity index is 2.62. The molecule has 0 spiro atoms. The van der Waals surface area contributed by atoms with E-state index in [-0.39, 0.29) is 34.3 Å². The average molecular weight is 559 g/mol. The number of ether oxygens (including phenoxy) is 7. The minimum Gasteiger partial charge on any atom is -0.504 e. The van der Waals surface area contributed by atoms with E-state index in [1.54, 1.807) is 32.1 Å². The molecule has 1 aliphatic carbocycles. The van der Waals surface area contributed by atoms with Gasteiger partial charge in [-0.25, -0.2) is 4.79 Å². The number of hydrogen-bond donors (Lipinski definition) is 1. The fourth-order valence-corrected chi connectivity index (χ4v) is 5.10. The van der Waals surface area contributed by atoms with Crippen molar-refractivity contribution in [3.63, 3.8) is 0 Å². The predicted octanol–water partition coefficient (Wildman–Crippen LogP) is 5.54. The Morgan fingerprint density at radius 2 is 1.20 bits per heavy atom. The number of benzene rings is 2. The molecular weight excluding hydrogens is 520 g/mol. The molecule has 3 rings (SSSR count). The molecule has 0 aromatic heterocycles. The van der Waals surface area contributed by atoms with Crippen LogP contribution in [0.1, 0.15) is 58.0 Å². The smallest absolute Gasteiger partial charge is 0.333 e. The quantitative estimate of drug-likeness (QED) is 0.327. The SMILES string of the molecule is CC=C(C)C(=O)OC1c2cc(OC)c(OC)c(O)c2-c2c(cc(OC)c(OC)c2OC)C(OC(C)=O)C(C)C1C. The van der Waals surface area contributed by atoms with Gasteiger partial charge in [-0.1, -0.05) is 19.9 Å². The molecule has 10 nitrogen and oxygen atoms in total. The lowest BCUT2D eigenvalue weighted by atomic mass is 9.74. The van der Waals surface area contributed by atoms with Gasteiger partial charge in [0.15, 0.2) is 23.0 Å². The summed E-state index contributed by atoms with van der Waals surface area (Å²) in [5, 5.41) is 11.8. The topological polar surface area (TPSA) is 119 Å². The highest BCUT2D eigenvalue weighted by Crippen LogP contribution is 2.59. The predicted molar refractivity (Wildman–Crippen MR) is 147 cm³/mol. The van der Waals surface area contributed by atoms with Crippen LogP contribution in [0.3, 0.4) is 0 Å². The van der Waals surface area contributed by atoms with Crippen LogP contribution in [0.5, 0.6) is 34.5 Å². The first kappa shape index (κ1) is 30.5. The van der Waals surface area contributed by atoms with Crippen LogP contribution < -0.4 is 23.7 Å². The van der Waals surface area contributed by atoms with E-state index < -0.39 is 36.0 Å². The molecule has 0 aliphatic heterocycles. The molecule has 218 valence electrons. The summed E-state index contributed by atoms with van der Waals surface area (Å²) in [4.78, 5) is 25.5. The van der Waals surface area contributed by atoms with Crippen molar-refractivity contribution in [2.24, 2.45) is 11.8 Å². The summed E-state index contributed by atoms with van der Waals surface area (Å²) in [6.07, 6.45) is -0.0910. The second-order valence-corrected chi connectivity index (χ2v) is 9.58. The molecule has 0 heterocycles. The molecule has 2 aromatic carbocycles. The van der Waals surface area contributed by atoms with Gasteiger partial charge in [0.1, 0.15) is 12.2 Å². The molecule has 4 atom stereocenters. The van der Waals surface area contributed by atoms with Gasteiger partial charge in [-0.2, -0.15) is 0 Å². The summed E-state index contributed by atoms with van der Waals surface area (Å²) in [5.41, 5.74) is 1.97. The summed E-state index contributed by atoms with van der Waals surface area (Å²) >= 11 is 0. The molecule has 1 N–H and O–H groups in total. The number of rotatable bonds is 8. The van der Waals surface area contributed by atoms with Crippen molar-refractivity contribution < 1.29 is 47.9 Å². The molecule has 40 heavy (non-hydrogen) atoms. The Bertz CT molecular complexity index is 1310. The standard InChI is InChI=1S/C30H38O10/c1-11-14(2)30(33)40-26-16(4)15(3)25(39-17(5)31)19-13-21(35-7)28(37-9)29(38-10)23(19)22-18(26)12-20(34-6)27(36-8)24(22)32/h11-13,15-16,25-26,32H,1-10H3. The van der Waals surface area contributed by atoms with Crippen molar-refractivity contribution in [1.82, 2.24) is 0 Å². The van der Waals surface area contributed by atoms with Crippen LogP contribution in [0.25, 0.3) is 11.1 Å². The zero-order valence-electron chi connectivity index (χ0n) is 24.7. The van der Waals surface area contributed by atoms with Gasteiger partial charge >= 0.3 is 11.9 Å². The van der Waals surface area contributed by atoms with Crippen molar-refractivity contribution in [2.75, 3.05) is 35.5 Å². The minimum atomic E-state index is -0.901. The molecule has 1 aliphatic rings. The van der Waals surface area contributed by atoms with Crippen LogP contribution >= 0.6 is 0 Å². The molecule has 0 saturated heterocycles. The normalized spacial score (nSPS) is 20.2. The lowest BCUT2D eigenvalue weighted by Gasteiger charge is -2.38. The number of phenolic OH excluding ortho intramolecular Hbond substituents is 1. The molecule has 0 fully saturated rings. The molecule has 0 saturated carbocycles. The van der Waals surface area contributed by atoms with E-state index in [2.05, 4.69) is 0 Å². The Kier molecular flexibility index (Phi) is 9.44. The Labute approximate surface area is 234 Å². The van der Waals surface area contributed by atoms with Gasteiger partial charge in [0.25, 0.3) is 0 Å². The maximum atomic E-state index is 13.1. The Morgan fingerprint density at radius 3 is 1.65 bits per heavy atom. The highest BCUT2D eigenvalue weighted by molar-refractivity contribution is 5.90. The van der Waals surface area contributed by atoms with Gasteiger partial charge in [-0.3, -0.25) is 4.79 Å². The Hall–Kier alpha value is -4.08. The molecule has 0 bridgehead atoms. The Morgan fingerprint density at radius 1 is 0.725 bits per heavy atom. The minimum absolute atomic E-state index is 0.0593. The van der Waals surface area contributed by atoms with Crippen LogP contribution in [0, 0.1) is 11.8 Å². The highest BCUT2D eigenvalue weighted by Gasteiger charge is 2.43. The first-order valence-corrected chi connectivity index (χ1v) is 12.8. The summed E-state index contributed by atoms with van der Waals surface area (Å²) < 4.78 is 40.2. The number of hydrogen-bond acceptors (Lipinski definition) is 10. The van der Waals surface area contributed by atoms with Crippen LogP contribution in [0.2, 0.25) is 0 Å². The lowest BCUT2D eigenvalue weighted by molar-refractivity contribution is -0.157. The maximum Gasteiger partial charge on any atom is 0.333 e. The van der Waals surface area contributed by atoms with Crippen LogP contribution in [0.15, 0.2) is 23.8 Å². The first-order chi connectivity index (χ1) is 19.0. The van der Waals surface area contributed by atoms with Gasteiger partial charge in [-0.05, 0) is 26.0 Å². The number of fused-ring (bicyclic) bond motifs is 3.